The van der Waals surface area contributed by atoms with Crippen molar-refractivity contribution in [1.82, 2.24) is 9.80 Å². The molecular weight excluding hydrogens is 246 g/mol. The molecule has 0 aromatic carbocycles. The zero-order valence-corrected chi connectivity index (χ0v) is 12.3. The van der Waals surface area contributed by atoms with Crippen LogP contribution in [0.25, 0.3) is 0 Å². The molecule has 2 N–H and O–H groups in total. The number of nitrogens with zero attached hydrogens (tertiary/aromatic N) is 2. The molecule has 102 valence electrons. The third-order valence-electron chi connectivity index (χ3n) is 4.74. The van der Waals surface area contributed by atoms with Gasteiger partial charge in [0.05, 0.1) is 10.4 Å². The lowest BCUT2D eigenvalue weighted by Gasteiger charge is -2.49. The molecule has 0 radical (unpaired) electrons. The van der Waals surface area contributed by atoms with Crippen LogP contribution < -0.4 is 5.73 Å². The van der Waals surface area contributed by atoms with Crippen LogP contribution in [0.1, 0.15) is 32.1 Å². The molecule has 0 saturated heterocycles. The number of carbonyl (C=O) groups excluding carboxylic acids is 1. The Hall–Kier alpha value is -0.680. The van der Waals surface area contributed by atoms with Crippen LogP contribution >= 0.6 is 12.2 Å². The molecule has 2 rings (SSSR count). The Balaban J connectivity index is 2.02. The summed E-state index contributed by atoms with van der Waals surface area (Å²) in [5.74, 6) is 0.114. The van der Waals surface area contributed by atoms with E-state index in [0.717, 1.165) is 32.2 Å². The number of amides is 1. The zero-order valence-electron chi connectivity index (χ0n) is 11.5. The van der Waals surface area contributed by atoms with Gasteiger partial charge in [0.1, 0.15) is 0 Å². The maximum Gasteiger partial charge on any atom is 0.235 e. The predicted molar refractivity (Wildman–Crippen MR) is 76.4 cm³/mol. The standard InChI is InChI=1S/C13H23N3OS/c1-15(2)12(5-4-6-12)9-16(3)11(17)13(7-8-13)10(14)18/h4-9H2,1-3H3,(H2,14,18). The van der Waals surface area contributed by atoms with Gasteiger partial charge in [-0.05, 0) is 46.2 Å². The number of hydrogen-bond acceptors (Lipinski definition) is 3. The van der Waals surface area contributed by atoms with Gasteiger partial charge in [-0.25, -0.2) is 0 Å². The topological polar surface area (TPSA) is 49.6 Å². The highest BCUT2D eigenvalue weighted by Gasteiger charge is 2.55. The fourth-order valence-electron chi connectivity index (χ4n) is 2.90. The first-order valence-electron chi connectivity index (χ1n) is 6.57. The van der Waals surface area contributed by atoms with Gasteiger partial charge in [0.25, 0.3) is 0 Å². The average Bonchev–Trinajstić information content (AvgIpc) is 3.02. The molecule has 2 fully saturated rings. The van der Waals surface area contributed by atoms with E-state index in [2.05, 4.69) is 19.0 Å². The van der Waals surface area contributed by atoms with E-state index in [1.807, 2.05) is 11.9 Å². The molecule has 0 heterocycles. The summed E-state index contributed by atoms with van der Waals surface area (Å²) in [6, 6.07) is 0. The predicted octanol–water partition coefficient (Wildman–Crippen LogP) is 0.995. The van der Waals surface area contributed by atoms with Crippen LogP contribution in [0.5, 0.6) is 0 Å². The summed E-state index contributed by atoms with van der Waals surface area (Å²) < 4.78 is 0. The molecule has 4 nitrogen and oxygen atoms in total. The molecule has 5 heteroatoms. The van der Waals surface area contributed by atoms with Crippen LogP contribution in [-0.4, -0.2) is 53.9 Å². The Morgan fingerprint density at radius 2 is 1.78 bits per heavy atom. The highest BCUT2D eigenvalue weighted by Crippen LogP contribution is 2.48. The molecule has 0 aromatic heterocycles. The summed E-state index contributed by atoms with van der Waals surface area (Å²) in [6.45, 7) is 0.781. The van der Waals surface area contributed by atoms with Crippen molar-refractivity contribution in [3.8, 4) is 0 Å². The lowest BCUT2D eigenvalue weighted by molar-refractivity contribution is -0.135. The third kappa shape index (κ3) is 2.03. The number of nitrogens with two attached hydrogens (primary N) is 1. The second kappa shape index (κ2) is 4.46. The fraction of sp³-hybridized carbons (Fsp3) is 0.846. The molecule has 0 aromatic rings. The van der Waals surface area contributed by atoms with Crippen molar-refractivity contribution >= 4 is 23.1 Å². The van der Waals surface area contributed by atoms with Gasteiger partial charge in [-0.3, -0.25) is 4.79 Å². The van der Waals surface area contributed by atoms with Crippen LogP contribution in [0.2, 0.25) is 0 Å². The summed E-state index contributed by atoms with van der Waals surface area (Å²) in [6.07, 6.45) is 5.22. The highest BCUT2D eigenvalue weighted by molar-refractivity contribution is 7.80. The van der Waals surface area contributed by atoms with E-state index >= 15 is 0 Å². The third-order valence-corrected chi connectivity index (χ3v) is 5.13. The van der Waals surface area contributed by atoms with Gasteiger partial charge >= 0.3 is 0 Å². The van der Waals surface area contributed by atoms with E-state index in [9.17, 15) is 4.79 Å². The van der Waals surface area contributed by atoms with E-state index in [1.54, 1.807) is 0 Å². The second-order valence-electron chi connectivity index (χ2n) is 6.08. The maximum absolute atomic E-state index is 12.4. The van der Waals surface area contributed by atoms with Crippen LogP contribution in [0.15, 0.2) is 0 Å². The lowest BCUT2D eigenvalue weighted by atomic mass is 9.75. The number of rotatable bonds is 5. The van der Waals surface area contributed by atoms with Gasteiger partial charge in [-0.1, -0.05) is 12.2 Å². The first kappa shape index (κ1) is 13.7. The lowest BCUT2D eigenvalue weighted by Crippen LogP contribution is -2.58. The largest absolute Gasteiger partial charge is 0.392 e. The highest BCUT2D eigenvalue weighted by atomic mass is 32.1. The molecule has 1 amide bonds. The zero-order chi connectivity index (χ0) is 13.6. The molecule has 2 aliphatic rings. The summed E-state index contributed by atoms with van der Waals surface area (Å²) in [7, 11) is 6.07. The molecule has 0 unspecified atom stereocenters. The number of thiocarbonyl (C=S) groups is 1. The molecular formula is C13H23N3OS. The van der Waals surface area contributed by atoms with Gasteiger partial charge in [0.15, 0.2) is 0 Å². The molecule has 0 spiro atoms. The van der Waals surface area contributed by atoms with Crippen molar-refractivity contribution in [2.45, 2.75) is 37.6 Å². The van der Waals surface area contributed by atoms with E-state index in [0.29, 0.717) is 4.99 Å². The van der Waals surface area contributed by atoms with Crippen LogP contribution in [-0.2, 0) is 4.79 Å². The van der Waals surface area contributed by atoms with Crippen molar-refractivity contribution in [1.29, 1.82) is 0 Å². The van der Waals surface area contributed by atoms with Gasteiger partial charge in [-0.2, -0.15) is 0 Å². The summed E-state index contributed by atoms with van der Waals surface area (Å²) in [5, 5.41) is 0. The van der Waals surface area contributed by atoms with Crippen molar-refractivity contribution < 1.29 is 4.79 Å². The van der Waals surface area contributed by atoms with Crippen molar-refractivity contribution in [2.75, 3.05) is 27.7 Å². The van der Waals surface area contributed by atoms with Crippen molar-refractivity contribution in [3.05, 3.63) is 0 Å². The molecule has 2 saturated carbocycles. The first-order chi connectivity index (χ1) is 8.34. The van der Waals surface area contributed by atoms with Gasteiger partial charge in [0.2, 0.25) is 5.91 Å². The smallest absolute Gasteiger partial charge is 0.235 e. The Morgan fingerprint density at radius 3 is 2.06 bits per heavy atom. The molecule has 18 heavy (non-hydrogen) atoms. The minimum absolute atomic E-state index is 0.114. The van der Waals surface area contributed by atoms with E-state index in [-0.39, 0.29) is 11.4 Å². The van der Waals surface area contributed by atoms with Gasteiger partial charge in [-0.15, -0.1) is 0 Å². The van der Waals surface area contributed by atoms with Gasteiger partial charge < -0.3 is 15.5 Å². The number of hydrogen-bond donors (Lipinski definition) is 1. The normalized spacial score (nSPS) is 23.3. The van der Waals surface area contributed by atoms with Gasteiger partial charge in [0, 0.05) is 19.1 Å². The van der Waals surface area contributed by atoms with Crippen LogP contribution in [0, 0.1) is 5.41 Å². The molecule has 0 aliphatic heterocycles. The summed E-state index contributed by atoms with van der Waals surface area (Å²) >= 11 is 5.04. The first-order valence-corrected chi connectivity index (χ1v) is 6.98. The van der Waals surface area contributed by atoms with Crippen molar-refractivity contribution in [3.63, 3.8) is 0 Å². The van der Waals surface area contributed by atoms with E-state index in [4.69, 9.17) is 18.0 Å². The Bertz CT molecular complexity index is 372. The monoisotopic (exact) mass is 269 g/mol. The Labute approximate surface area is 114 Å². The summed E-state index contributed by atoms with van der Waals surface area (Å²) in [5.41, 5.74) is 5.37. The van der Waals surface area contributed by atoms with E-state index in [1.165, 1.54) is 6.42 Å². The molecule has 2 aliphatic carbocycles. The van der Waals surface area contributed by atoms with Crippen LogP contribution in [0.4, 0.5) is 0 Å². The number of carbonyl (C=O) groups is 1. The molecule has 0 bridgehead atoms. The molecule has 0 atom stereocenters. The average molecular weight is 269 g/mol. The fourth-order valence-corrected chi connectivity index (χ4v) is 3.19. The van der Waals surface area contributed by atoms with Crippen molar-refractivity contribution in [2.24, 2.45) is 11.1 Å². The number of likely N-dealkylation sites (N-methyl/N-ethyl adjacent to an activating group) is 2. The Morgan fingerprint density at radius 1 is 1.22 bits per heavy atom. The SMILES string of the molecule is CN(CC1(N(C)C)CCC1)C(=O)C1(C(N)=S)CC1. The minimum atomic E-state index is -0.513. The summed E-state index contributed by atoms with van der Waals surface area (Å²) in [4.78, 5) is 16.9. The maximum atomic E-state index is 12.4. The quantitative estimate of drug-likeness (QED) is 0.756. The minimum Gasteiger partial charge on any atom is -0.392 e. The van der Waals surface area contributed by atoms with E-state index < -0.39 is 5.41 Å². The van der Waals surface area contributed by atoms with Crippen LogP contribution in [0.3, 0.4) is 0 Å². The Kier molecular flexibility index (Phi) is 3.40. The second-order valence-corrected chi connectivity index (χ2v) is 6.52.